The smallest absolute Gasteiger partial charge is 0.250 e. The van der Waals surface area contributed by atoms with Gasteiger partial charge in [0, 0.05) is 47.5 Å². The van der Waals surface area contributed by atoms with Crippen molar-refractivity contribution in [3.63, 3.8) is 0 Å². The summed E-state index contributed by atoms with van der Waals surface area (Å²) >= 11 is 1.73. The van der Waals surface area contributed by atoms with Crippen LogP contribution in [-0.2, 0) is 4.79 Å². The summed E-state index contributed by atoms with van der Waals surface area (Å²) in [5, 5.41) is 20.9. The number of aliphatic hydroxyl groups is 1. The highest BCUT2D eigenvalue weighted by molar-refractivity contribution is 7.98. The molecular formula is C22H24N8O2S. The minimum absolute atomic E-state index is 0.165. The van der Waals surface area contributed by atoms with Crippen molar-refractivity contribution in [2.24, 2.45) is 0 Å². The van der Waals surface area contributed by atoms with E-state index in [0.717, 1.165) is 16.5 Å². The minimum atomic E-state index is -0.574. The summed E-state index contributed by atoms with van der Waals surface area (Å²) in [5.41, 5.74) is 2.37. The van der Waals surface area contributed by atoms with Crippen molar-refractivity contribution in [3.05, 3.63) is 43.1 Å². The predicted octanol–water partition coefficient (Wildman–Crippen LogP) is 3.60. The average Bonchev–Trinajstić information content (AvgIpc) is 3.37. The van der Waals surface area contributed by atoms with E-state index < -0.39 is 12.5 Å². The largest absolute Gasteiger partial charge is 0.387 e. The van der Waals surface area contributed by atoms with Gasteiger partial charge in [-0.15, -0.1) is 0 Å². The van der Waals surface area contributed by atoms with Crippen LogP contribution in [0.25, 0.3) is 22.3 Å². The summed E-state index contributed by atoms with van der Waals surface area (Å²) in [7, 11) is 0. The molecule has 10 nitrogen and oxygen atoms in total. The van der Waals surface area contributed by atoms with Crippen molar-refractivity contribution in [1.82, 2.24) is 28.7 Å². The number of carbonyl (C=O) groups excluding carboxylic acids is 1. The Morgan fingerprint density at radius 3 is 2.85 bits per heavy atom. The van der Waals surface area contributed by atoms with Crippen molar-refractivity contribution in [2.45, 2.75) is 38.0 Å². The highest BCUT2D eigenvalue weighted by Crippen LogP contribution is 2.35. The van der Waals surface area contributed by atoms with Gasteiger partial charge in [-0.1, -0.05) is 0 Å². The van der Waals surface area contributed by atoms with E-state index in [4.69, 9.17) is 5.11 Å². The van der Waals surface area contributed by atoms with Crippen molar-refractivity contribution >= 4 is 46.1 Å². The maximum absolute atomic E-state index is 11.7. The zero-order chi connectivity index (χ0) is 22.9. The average molecular weight is 465 g/mol. The first-order valence-corrected chi connectivity index (χ1v) is 11.6. The minimum Gasteiger partial charge on any atom is -0.387 e. The summed E-state index contributed by atoms with van der Waals surface area (Å²) in [6.45, 7) is 3.54. The summed E-state index contributed by atoms with van der Waals surface area (Å²) < 4.78 is 3.92. The first-order chi connectivity index (χ1) is 16.0. The number of hydrogen-bond acceptors (Lipinski definition) is 8. The number of aliphatic hydroxyl groups excluding tert-OH is 1. The SMILES string of the molecule is CC(C)n1cc(NC(=O)CO)c2cnc(Nc3ccnc(-c4cnn(SC5CC5)c4)n3)cc21. The Morgan fingerprint density at radius 1 is 1.24 bits per heavy atom. The van der Waals surface area contributed by atoms with E-state index in [1.807, 2.05) is 27.1 Å². The molecule has 1 saturated carbocycles. The second-order valence-corrected chi connectivity index (χ2v) is 9.42. The Labute approximate surface area is 194 Å². The van der Waals surface area contributed by atoms with E-state index in [-0.39, 0.29) is 6.04 Å². The summed E-state index contributed by atoms with van der Waals surface area (Å²) in [5.74, 6) is 1.36. The molecule has 3 N–H and O–H groups in total. The van der Waals surface area contributed by atoms with Gasteiger partial charge in [0.15, 0.2) is 5.82 Å². The third-order valence-corrected chi connectivity index (χ3v) is 6.39. The van der Waals surface area contributed by atoms with Crippen molar-refractivity contribution < 1.29 is 9.90 Å². The first-order valence-electron chi connectivity index (χ1n) is 10.7. The second-order valence-electron chi connectivity index (χ2n) is 8.16. The van der Waals surface area contributed by atoms with Gasteiger partial charge in [-0.25, -0.2) is 19.0 Å². The van der Waals surface area contributed by atoms with Gasteiger partial charge >= 0.3 is 0 Å². The maximum atomic E-state index is 11.7. The van der Waals surface area contributed by atoms with Crippen LogP contribution in [0.2, 0.25) is 0 Å². The van der Waals surface area contributed by atoms with Gasteiger partial charge < -0.3 is 20.3 Å². The van der Waals surface area contributed by atoms with Crippen LogP contribution < -0.4 is 10.6 Å². The van der Waals surface area contributed by atoms with Crippen LogP contribution in [0, 0.1) is 0 Å². The molecule has 170 valence electrons. The molecule has 1 fully saturated rings. The normalized spacial score (nSPS) is 13.6. The molecule has 0 aliphatic heterocycles. The Kier molecular flexibility index (Phi) is 5.73. The molecule has 0 saturated heterocycles. The Morgan fingerprint density at radius 2 is 2.09 bits per heavy atom. The predicted molar refractivity (Wildman–Crippen MR) is 128 cm³/mol. The molecule has 0 atom stereocenters. The number of fused-ring (bicyclic) bond motifs is 1. The first kappa shape index (κ1) is 21.4. The highest BCUT2D eigenvalue weighted by atomic mass is 32.2. The zero-order valence-electron chi connectivity index (χ0n) is 18.3. The van der Waals surface area contributed by atoms with E-state index in [1.165, 1.54) is 12.8 Å². The number of hydrogen-bond donors (Lipinski definition) is 3. The lowest BCUT2D eigenvalue weighted by Crippen LogP contribution is -2.15. The molecule has 1 aliphatic rings. The molecule has 33 heavy (non-hydrogen) atoms. The summed E-state index contributed by atoms with van der Waals surface area (Å²) in [6, 6.07) is 3.86. The molecule has 0 spiro atoms. The lowest BCUT2D eigenvalue weighted by atomic mass is 10.2. The van der Waals surface area contributed by atoms with Crippen LogP contribution in [0.4, 0.5) is 17.3 Å². The van der Waals surface area contributed by atoms with Crippen LogP contribution in [-0.4, -0.2) is 51.6 Å². The van der Waals surface area contributed by atoms with E-state index >= 15 is 0 Å². The quantitative estimate of drug-likeness (QED) is 0.361. The van der Waals surface area contributed by atoms with Crippen LogP contribution in [0.3, 0.4) is 0 Å². The molecule has 5 rings (SSSR count). The monoisotopic (exact) mass is 464 g/mol. The molecule has 0 radical (unpaired) electrons. The van der Waals surface area contributed by atoms with E-state index in [2.05, 4.69) is 44.5 Å². The lowest BCUT2D eigenvalue weighted by Gasteiger charge is -2.10. The van der Waals surface area contributed by atoms with E-state index in [0.29, 0.717) is 28.4 Å². The number of amides is 1. The van der Waals surface area contributed by atoms with Gasteiger partial charge in [0.1, 0.15) is 18.2 Å². The van der Waals surface area contributed by atoms with Gasteiger partial charge in [0.05, 0.1) is 23.0 Å². The van der Waals surface area contributed by atoms with Gasteiger partial charge in [-0.2, -0.15) is 5.10 Å². The van der Waals surface area contributed by atoms with Gasteiger partial charge in [0.2, 0.25) is 5.91 Å². The Bertz CT molecular complexity index is 1310. The lowest BCUT2D eigenvalue weighted by molar-refractivity contribution is -0.118. The fourth-order valence-corrected chi connectivity index (χ4v) is 4.36. The number of rotatable bonds is 8. The van der Waals surface area contributed by atoms with Crippen molar-refractivity contribution in [1.29, 1.82) is 0 Å². The standard InChI is InChI=1S/C22H24N8O2S/c1-13(2)29-11-17(26-21(32)12-31)16-9-24-20(7-18(16)29)27-19-5-6-23-22(28-19)14-8-25-30(10-14)33-15-3-4-15/h5-11,13,15,31H,3-4,12H2,1-2H3,(H,26,32)(H,23,24,27,28). The molecule has 0 aromatic carbocycles. The summed E-state index contributed by atoms with van der Waals surface area (Å²) in [4.78, 5) is 25.2. The third-order valence-electron chi connectivity index (χ3n) is 5.20. The molecule has 0 unspecified atom stereocenters. The molecule has 0 bridgehead atoms. The molecule has 1 aliphatic carbocycles. The molecule has 1 amide bonds. The number of nitrogens with zero attached hydrogens (tertiary/aromatic N) is 6. The van der Waals surface area contributed by atoms with E-state index in [9.17, 15) is 4.79 Å². The van der Waals surface area contributed by atoms with Crippen molar-refractivity contribution in [2.75, 3.05) is 17.2 Å². The van der Waals surface area contributed by atoms with Crippen LogP contribution in [0.1, 0.15) is 32.7 Å². The number of anilines is 3. The second kappa shape index (κ2) is 8.83. The van der Waals surface area contributed by atoms with Gasteiger partial charge in [-0.05, 0) is 44.7 Å². The molecular weight excluding hydrogens is 440 g/mol. The van der Waals surface area contributed by atoms with Crippen LogP contribution in [0.5, 0.6) is 0 Å². The molecule has 4 aromatic heterocycles. The fourth-order valence-electron chi connectivity index (χ4n) is 3.43. The number of pyridine rings is 1. The number of carbonyl (C=O) groups is 1. The number of nitrogens with one attached hydrogen (secondary N) is 2. The Balaban J connectivity index is 1.40. The highest BCUT2D eigenvalue weighted by Gasteiger charge is 2.23. The Hall–Kier alpha value is -3.44. The van der Waals surface area contributed by atoms with Crippen molar-refractivity contribution in [3.8, 4) is 11.4 Å². The maximum Gasteiger partial charge on any atom is 0.250 e. The third kappa shape index (κ3) is 4.69. The number of aromatic nitrogens is 6. The molecule has 11 heteroatoms. The topological polar surface area (TPSA) is 123 Å². The van der Waals surface area contributed by atoms with Crippen LogP contribution in [0.15, 0.2) is 43.1 Å². The summed E-state index contributed by atoms with van der Waals surface area (Å²) in [6.07, 6.45) is 11.5. The van der Waals surface area contributed by atoms with Crippen LogP contribution >= 0.6 is 11.9 Å². The molecule has 4 aromatic rings. The molecule has 4 heterocycles. The zero-order valence-corrected chi connectivity index (χ0v) is 19.1. The van der Waals surface area contributed by atoms with E-state index in [1.54, 1.807) is 36.6 Å². The van der Waals surface area contributed by atoms with Gasteiger partial charge in [0.25, 0.3) is 0 Å². The van der Waals surface area contributed by atoms with Gasteiger partial charge in [-0.3, -0.25) is 4.79 Å². The fraction of sp³-hybridized carbons (Fsp3) is 0.318.